The predicted molar refractivity (Wildman–Crippen MR) is 197 cm³/mol. The second-order valence-electron chi connectivity index (χ2n) is 11.9. The van der Waals surface area contributed by atoms with Gasteiger partial charge in [-0.3, -0.25) is 0 Å². The van der Waals surface area contributed by atoms with Crippen LogP contribution in [0.25, 0.3) is 38.6 Å². The second-order valence-corrected chi connectivity index (χ2v) is 11.9. The number of fused-ring (bicyclic) bond motifs is 6. The minimum Gasteiger partial charge on any atom is -0.456 e. The Morgan fingerprint density at radius 1 is 0.383 bits per heavy atom. The highest BCUT2D eigenvalue weighted by Gasteiger charge is 2.25. The highest BCUT2D eigenvalue weighted by Crippen LogP contribution is 2.48. The van der Waals surface area contributed by atoms with Crippen LogP contribution in [0.5, 0.6) is 0 Å². The van der Waals surface area contributed by atoms with E-state index in [9.17, 15) is 0 Å². The summed E-state index contributed by atoms with van der Waals surface area (Å²) < 4.78 is 6.52. The quantitative estimate of drug-likeness (QED) is 0.189. The number of anilines is 6. The van der Waals surface area contributed by atoms with Gasteiger partial charge in [0, 0.05) is 33.8 Å². The first kappa shape index (κ1) is 27.0. The number of benzene rings is 7. The molecule has 7 aromatic carbocycles. The third kappa shape index (κ3) is 4.44. The maximum Gasteiger partial charge on any atom is 0.137 e. The van der Waals surface area contributed by atoms with E-state index in [1.807, 2.05) is 0 Å². The smallest absolute Gasteiger partial charge is 0.137 e. The average Bonchev–Trinajstić information content (AvgIpc) is 3.65. The van der Waals surface area contributed by atoms with Crippen molar-refractivity contribution < 1.29 is 4.42 Å². The Kier molecular flexibility index (Phi) is 6.29. The molecule has 222 valence electrons. The zero-order valence-electron chi connectivity index (χ0n) is 25.7. The molecule has 0 amide bonds. The lowest BCUT2D eigenvalue weighted by atomic mass is 10.0. The summed E-state index contributed by atoms with van der Waals surface area (Å²) in [5.41, 5.74) is 14.1. The number of nitrogens with zero attached hydrogens (tertiary/aromatic N) is 2. The number of hydrogen-bond acceptors (Lipinski definition) is 3. The van der Waals surface area contributed by atoms with Crippen molar-refractivity contribution in [2.45, 2.75) is 0 Å². The van der Waals surface area contributed by atoms with Crippen LogP contribution in [0.15, 0.2) is 181 Å². The molecule has 0 saturated carbocycles. The van der Waals surface area contributed by atoms with Crippen LogP contribution in [-0.2, 0) is 0 Å². The number of hydrogen-bond donors (Lipinski definition) is 0. The van der Waals surface area contributed by atoms with Crippen molar-refractivity contribution in [3.63, 3.8) is 0 Å². The molecule has 1 aliphatic rings. The molecule has 47 heavy (non-hydrogen) atoms. The van der Waals surface area contributed by atoms with Crippen LogP contribution in [0, 0.1) is 0 Å². The molecule has 1 heterocycles. The topological polar surface area (TPSA) is 19.6 Å². The molecule has 3 heteroatoms. The normalized spacial score (nSPS) is 11.9. The highest BCUT2D eigenvalue weighted by molar-refractivity contribution is 6.14. The fourth-order valence-electron chi connectivity index (χ4n) is 7.01. The first-order chi connectivity index (χ1) is 23.2. The van der Waals surface area contributed by atoms with E-state index in [-0.39, 0.29) is 0 Å². The molecule has 0 spiro atoms. The lowest BCUT2D eigenvalue weighted by Gasteiger charge is -2.27. The number of furan rings is 1. The van der Waals surface area contributed by atoms with Crippen LogP contribution in [0.4, 0.5) is 34.1 Å². The van der Waals surface area contributed by atoms with E-state index in [1.54, 1.807) is 0 Å². The van der Waals surface area contributed by atoms with Crippen molar-refractivity contribution in [3.05, 3.63) is 188 Å². The van der Waals surface area contributed by atoms with Gasteiger partial charge in [0.1, 0.15) is 11.2 Å². The zero-order valence-corrected chi connectivity index (χ0v) is 25.7. The van der Waals surface area contributed by atoms with E-state index >= 15 is 0 Å². The Hall–Kier alpha value is -6.32. The number of para-hydroxylation sites is 3. The van der Waals surface area contributed by atoms with Gasteiger partial charge in [-0.15, -0.1) is 0 Å². The zero-order chi connectivity index (χ0) is 31.3. The largest absolute Gasteiger partial charge is 0.456 e. The van der Waals surface area contributed by atoms with E-state index in [0.29, 0.717) is 0 Å². The van der Waals surface area contributed by atoms with Crippen molar-refractivity contribution >= 4 is 61.6 Å². The standard InChI is InChI=1S/C44H30N2O/c1-30-36-20-11-12-21-38(36)39-28-34(24-26-37(30)39)45(31-14-5-2-6-15-31)35-25-27-42-40(29-35)44-41(22-13-23-43(44)47-42)46(32-16-7-3-8-17-32)33-18-9-4-10-19-33/h2-29H,1H2. The molecule has 0 bridgehead atoms. The van der Waals surface area contributed by atoms with Gasteiger partial charge in [-0.05, 0) is 107 Å². The van der Waals surface area contributed by atoms with Crippen LogP contribution in [0.2, 0.25) is 0 Å². The van der Waals surface area contributed by atoms with Crippen molar-refractivity contribution in [3.8, 4) is 11.1 Å². The molecule has 0 unspecified atom stereocenters. The Morgan fingerprint density at radius 2 is 0.936 bits per heavy atom. The van der Waals surface area contributed by atoms with E-state index in [0.717, 1.165) is 61.6 Å². The van der Waals surface area contributed by atoms with Crippen molar-refractivity contribution in [2.75, 3.05) is 9.80 Å². The summed E-state index contributed by atoms with van der Waals surface area (Å²) in [6, 6.07) is 59.7. The van der Waals surface area contributed by atoms with Crippen LogP contribution in [-0.4, -0.2) is 0 Å². The van der Waals surface area contributed by atoms with Crippen molar-refractivity contribution in [1.29, 1.82) is 0 Å². The lowest BCUT2D eigenvalue weighted by Crippen LogP contribution is -2.10. The van der Waals surface area contributed by atoms with Crippen molar-refractivity contribution in [1.82, 2.24) is 0 Å². The molecule has 0 aliphatic heterocycles. The summed E-state index contributed by atoms with van der Waals surface area (Å²) in [6.07, 6.45) is 0. The number of rotatable bonds is 6. The monoisotopic (exact) mass is 602 g/mol. The molecular formula is C44H30N2O. The fraction of sp³-hybridized carbons (Fsp3) is 0. The molecule has 9 rings (SSSR count). The predicted octanol–water partition coefficient (Wildman–Crippen LogP) is 12.6. The van der Waals surface area contributed by atoms with E-state index < -0.39 is 0 Å². The van der Waals surface area contributed by atoms with Crippen molar-refractivity contribution in [2.24, 2.45) is 0 Å². The Bertz CT molecular complexity index is 2390. The SMILES string of the molecule is C=C1c2ccccc2-c2cc(N(c3ccccc3)c3ccc4oc5cccc(N(c6ccccc6)c6ccccc6)c5c4c3)ccc21. The summed E-state index contributed by atoms with van der Waals surface area (Å²) in [5, 5.41) is 2.13. The molecule has 0 atom stereocenters. The van der Waals surface area contributed by atoms with Gasteiger partial charge in [-0.2, -0.15) is 0 Å². The molecule has 1 aliphatic carbocycles. The average molecular weight is 603 g/mol. The first-order valence-electron chi connectivity index (χ1n) is 15.9. The third-order valence-corrected chi connectivity index (χ3v) is 9.13. The molecule has 0 fully saturated rings. The molecule has 0 radical (unpaired) electrons. The Morgan fingerprint density at radius 3 is 1.62 bits per heavy atom. The highest BCUT2D eigenvalue weighted by atomic mass is 16.3. The summed E-state index contributed by atoms with van der Waals surface area (Å²) in [4.78, 5) is 4.64. The summed E-state index contributed by atoms with van der Waals surface area (Å²) in [7, 11) is 0. The van der Waals surface area contributed by atoms with Gasteiger partial charge in [0.25, 0.3) is 0 Å². The lowest BCUT2D eigenvalue weighted by molar-refractivity contribution is 0.669. The van der Waals surface area contributed by atoms with Gasteiger partial charge in [-0.1, -0.05) is 97.6 Å². The van der Waals surface area contributed by atoms with Crippen LogP contribution in [0.1, 0.15) is 11.1 Å². The summed E-state index contributed by atoms with van der Waals surface area (Å²) >= 11 is 0. The molecular weight excluding hydrogens is 572 g/mol. The Labute approximate surface area is 273 Å². The van der Waals surface area contributed by atoms with Gasteiger partial charge >= 0.3 is 0 Å². The maximum atomic E-state index is 6.52. The van der Waals surface area contributed by atoms with Gasteiger partial charge in [-0.25, -0.2) is 0 Å². The minimum atomic E-state index is 0.851. The van der Waals surface area contributed by atoms with Gasteiger partial charge in [0.15, 0.2) is 0 Å². The molecule has 8 aromatic rings. The maximum absolute atomic E-state index is 6.52. The summed E-state index contributed by atoms with van der Waals surface area (Å²) in [6.45, 7) is 4.42. The van der Waals surface area contributed by atoms with Gasteiger partial charge in [0.05, 0.1) is 11.1 Å². The molecule has 0 N–H and O–H groups in total. The fourth-order valence-corrected chi connectivity index (χ4v) is 7.01. The summed E-state index contributed by atoms with van der Waals surface area (Å²) in [5.74, 6) is 0. The van der Waals surface area contributed by atoms with E-state index in [4.69, 9.17) is 4.42 Å². The van der Waals surface area contributed by atoms with E-state index in [2.05, 4.69) is 186 Å². The molecule has 1 aromatic heterocycles. The Balaban J connectivity index is 1.26. The van der Waals surface area contributed by atoms with Crippen LogP contribution >= 0.6 is 0 Å². The third-order valence-electron chi connectivity index (χ3n) is 9.13. The van der Waals surface area contributed by atoms with Gasteiger partial charge < -0.3 is 14.2 Å². The second kappa shape index (κ2) is 10.9. The molecule has 3 nitrogen and oxygen atoms in total. The molecule has 0 saturated heterocycles. The van der Waals surface area contributed by atoms with Crippen LogP contribution in [0.3, 0.4) is 0 Å². The van der Waals surface area contributed by atoms with Crippen LogP contribution < -0.4 is 9.80 Å². The first-order valence-corrected chi connectivity index (χ1v) is 15.9. The van der Waals surface area contributed by atoms with E-state index in [1.165, 1.54) is 22.3 Å². The van der Waals surface area contributed by atoms with Gasteiger partial charge in [0.2, 0.25) is 0 Å². The minimum absolute atomic E-state index is 0.851.